The molecule has 0 heterocycles. The number of carbonyl (C=O) groups is 2. The molecule has 6 nitrogen and oxygen atoms in total. The molecule has 0 aliphatic rings. The minimum Gasteiger partial charge on any atom is -0.454 e. The summed E-state index contributed by atoms with van der Waals surface area (Å²) in [6.45, 7) is 1.52. The molecule has 250 valence electrons. The van der Waals surface area contributed by atoms with Gasteiger partial charge < -0.3 is 20.1 Å². The highest BCUT2D eigenvalue weighted by atomic mass is 79.9. The Morgan fingerprint density at radius 2 is 1.04 bits per heavy atom. The van der Waals surface area contributed by atoms with Crippen LogP contribution in [0.4, 0.5) is 37.7 Å². The molecule has 0 fully saturated rings. The van der Waals surface area contributed by atoms with Crippen LogP contribution >= 0.6 is 62.3 Å². The van der Waals surface area contributed by atoms with Crippen LogP contribution in [0.5, 0.6) is 23.0 Å². The van der Waals surface area contributed by atoms with Gasteiger partial charge in [0.05, 0.1) is 20.1 Å². The van der Waals surface area contributed by atoms with Crippen LogP contribution in [0.3, 0.4) is 0 Å². The van der Waals surface area contributed by atoms with Crippen molar-refractivity contribution in [1.82, 2.24) is 0 Å². The Bertz CT molecular complexity index is 1770. The molecule has 0 spiro atoms. The minimum atomic E-state index is -5.00. The zero-order valence-corrected chi connectivity index (χ0v) is 28.0. The third-order valence-electron chi connectivity index (χ3n) is 5.71. The molecule has 4 aromatic rings. The molecule has 0 aliphatic heterocycles. The van der Waals surface area contributed by atoms with Crippen molar-refractivity contribution < 1.29 is 45.4 Å². The van der Waals surface area contributed by atoms with Gasteiger partial charge in [-0.25, -0.2) is 0 Å². The van der Waals surface area contributed by atoms with E-state index >= 15 is 0 Å². The summed E-state index contributed by atoms with van der Waals surface area (Å²) in [5.41, 5.74) is 0.600. The largest absolute Gasteiger partial charge is 0.471 e. The van der Waals surface area contributed by atoms with E-state index in [4.69, 9.17) is 55.9 Å². The molecular weight excluding hydrogens is 788 g/mol. The maximum Gasteiger partial charge on any atom is 0.471 e. The van der Waals surface area contributed by atoms with E-state index in [-0.39, 0.29) is 38.2 Å². The monoisotopic (exact) mass is 804 g/mol. The molecule has 0 unspecified atom stereocenters. The predicted octanol–water partition coefficient (Wildman–Crippen LogP) is 11.8. The van der Waals surface area contributed by atoms with Gasteiger partial charge in [-0.1, -0.05) is 86.6 Å². The molecular formula is C30H19BrCl4F6N2O4. The summed E-state index contributed by atoms with van der Waals surface area (Å²) in [4.78, 5) is 22.1. The first-order chi connectivity index (χ1) is 21.9. The number of para-hydroxylation sites is 2. The van der Waals surface area contributed by atoms with Gasteiger partial charge in [-0.05, 0) is 66.6 Å². The first-order valence-electron chi connectivity index (χ1n) is 12.7. The van der Waals surface area contributed by atoms with Crippen LogP contribution in [0, 0.1) is 6.92 Å². The van der Waals surface area contributed by atoms with E-state index in [1.54, 1.807) is 59.2 Å². The average molecular weight is 807 g/mol. The predicted molar refractivity (Wildman–Crippen MR) is 173 cm³/mol. The van der Waals surface area contributed by atoms with Crippen molar-refractivity contribution >= 4 is 85.5 Å². The Morgan fingerprint density at radius 3 is 1.47 bits per heavy atom. The fourth-order valence-corrected chi connectivity index (χ4v) is 4.66. The second-order valence-corrected chi connectivity index (χ2v) is 11.3. The fraction of sp³-hybridized carbons (Fsp3) is 0.133. The van der Waals surface area contributed by atoms with Gasteiger partial charge in [0.2, 0.25) is 0 Å². The number of rotatable bonds is 7. The van der Waals surface area contributed by atoms with E-state index in [1.807, 2.05) is 0 Å². The van der Waals surface area contributed by atoms with E-state index < -0.39 is 24.2 Å². The highest BCUT2D eigenvalue weighted by molar-refractivity contribution is 9.08. The van der Waals surface area contributed by atoms with Crippen LogP contribution in [-0.2, 0) is 14.9 Å². The Hall–Kier alpha value is -3.36. The molecule has 2 N–H and O–H groups in total. The number of alkyl halides is 7. The van der Waals surface area contributed by atoms with Gasteiger partial charge in [0.25, 0.3) is 0 Å². The van der Waals surface area contributed by atoms with Gasteiger partial charge in [-0.15, -0.1) is 0 Å². The normalized spacial score (nSPS) is 11.2. The van der Waals surface area contributed by atoms with Crippen LogP contribution in [0.25, 0.3) is 0 Å². The number of hydrogen-bond acceptors (Lipinski definition) is 4. The number of carbonyl (C=O) groups excluding carboxylic acids is 2. The van der Waals surface area contributed by atoms with Gasteiger partial charge in [-0.3, -0.25) is 9.59 Å². The van der Waals surface area contributed by atoms with Crippen LogP contribution in [0.15, 0.2) is 72.8 Å². The van der Waals surface area contributed by atoms with E-state index in [0.717, 1.165) is 0 Å². The van der Waals surface area contributed by atoms with Crippen LogP contribution < -0.4 is 20.1 Å². The molecule has 0 bridgehead atoms. The van der Waals surface area contributed by atoms with E-state index in [0.29, 0.717) is 32.7 Å². The second-order valence-electron chi connectivity index (χ2n) is 9.14. The Kier molecular flexibility index (Phi) is 13.1. The second kappa shape index (κ2) is 16.2. The van der Waals surface area contributed by atoms with Crippen molar-refractivity contribution in [3.8, 4) is 23.0 Å². The fourth-order valence-electron chi connectivity index (χ4n) is 3.45. The third kappa shape index (κ3) is 10.8. The number of nitrogens with one attached hydrogen (secondary N) is 2. The van der Waals surface area contributed by atoms with Gasteiger partial charge in [-0.2, -0.15) is 26.3 Å². The SMILES string of the molecule is Cc1cc(Oc2ccccc2Cl)c(Cl)cc1NC(=O)C(F)(F)F.O=C(Nc1cc(Cl)c(Oc2ccccc2Cl)cc1CBr)C(F)(F)F. The molecule has 2 amide bonds. The van der Waals surface area contributed by atoms with Crippen molar-refractivity contribution in [2.75, 3.05) is 10.6 Å². The van der Waals surface area contributed by atoms with Crippen LogP contribution in [0.2, 0.25) is 20.1 Å². The van der Waals surface area contributed by atoms with Crippen LogP contribution in [-0.4, -0.2) is 24.2 Å². The number of anilines is 2. The zero-order chi connectivity index (χ0) is 35.1. The number of aryl methyl sites for hydroxylation is 1. The number of amides is 2. The molecule has 0 saturated heterocycles. The highest BCUT2D eigenvalue weighted by Gasteiger charge is 2.39. The molecule has 0 aliphatic carbocycles. The first kappa shape index (κ1) is 38.1. The molecule has 4 rings (SSSR count). The Morgan fingerprint density at radius 1 is 0.638 bits per heavy atom. The lowest BCUT2D eigenvalue weighted by atomic mass is 10.2. The summed E-state index contributed by atoms with van der Waals surface area (Å²) in [6.07, 6.45) is -9.98. The van der Waals surface area contributed by atoms with Gasteiger partial charge in [0.15, 0.2) is 0 Å². The molecule has 4 aromatic carbocycles. The standard InChI is InChI=1S/C15H9BrCl2F3NO2.C15H10Cl2F3NO2/c16-7-8-5-13(24-12-4-2-1-3-9(12)17)10(18)6-11(8)22-14(23)15(19,20)21;1-8-6-13(23-12-5-3-2-4-9(12)16)10(17)7-11(8)21-14(22)15(18,19)20/h1-6H,7H2,(H,22,23);2-7H,1H3,(H,21,22). The number of benzene rings is 4. The lowest BCUT2D eigenvalue weighted by Gasteiger charge is -2.15. The smallest absolute Gasteiger partial charge is 0.454 e. The maximum atomic E-state index is 12.4. The quantitative estimate of drug-likeness (QED) is 0.144. The van der Waals surface area contributed by atoms with Gasteiger partial charge >= 0.3 is 24.2 Å². The summed E-state index contributed by atoms with van der Waals surface area (Å²) in [6, 6.07) is 18.5. The summed E-state index contributed by atoms with van der Waals surface area (Å²) in [7, 11) is 0. The Labute approximate surface area is 292 Å². The lowest BCUT2D eigenvalue weighted by Crippen LogP contribution is -2.30. The van der Waals surface area contributed by atoms with Crippen molar-refractivity contribution in [3.63, 3.8) is 0 Å². The molecule has 17 heteroatoms. The molecule has 47 heavy (non-hydrogen) atoms. The van der Waals surface area contributed by atoms with E-state index in [1.165, 1.54) is 31.2 Å². The number of ether oxygens (including phenoxy) is 2. The molecule has 0 radical (unpaired) electrons. The molecule has 0 atom stereocenters. The molecule has 0 saturated carbocycles. The van der Waals surface area contributed by atoms with E-state index in [2.05, 4.69) is 15.9 Å². The van der Waals surface area contributed by atoms with Crippen molar-refractivity contribution in [2.24, 2.45) is 0 Å². The van der Waals surface area contributed by atoms with Crippen molar-refractivity contribution in [1.29, 1.82) is 0 Å². The van der Waals surface area contributed by atoms with Crippen LogP contribution in [0.1, 0.15) is 11.1 Å². The summed E-state index contributed by atoms with van der Waals surface area (Å²) >= 11 is 27.2. The summed E-state index contributed by atoms with van der Waals surface area (Å²) < 4.78 is 85.2. The van der Waals surface area contributed by atoms with E-state index in [9.17, 15) is 35.9 Å². The maximum absolute atomic E-state index is 12.4. The third-order valence-corrected chi connectivity index (χ3v) is 7.52. The molecule has 0 aromatic heterocycles. The zero-order valence-electron chi connectivity index (χ0n) is 23.4. The van der Waals surface area contributed by atoms with Crippen molar-refractivity contribution in [2.45, 2.75) is 24.6 Å². The van der Waals surface area contributed by atoms with Gasteiger partial charge in [0.1, 0.15) is 23.0 Å². The minimum absolute atomic E-state index is 0.0251. The first-order valence-corrected chi connectivity index (χ1v) is 15.3. The lowest BCUT2D eigenvalue weighted by molar-refractivity contribution is -0.167. The number of hydrogen-bond donors (Lipinski definition) is 2. The average Bonchev–Trinajstić information content (AvgIpc) is 2.98. The topological polar surface area (TPSA) is 76.7 Å². The van der Waals surface area contributed by atoms with Gasteiger partial charge in [0, 0.05) is 16.7 Å². The highest BCUT2D eigenvalue weighted by Crippen LogP contribution is 2.39. The summed E-state index contributed by atoms with van der Waals surface area (Å²) in [5.74, 6) is -3.06. The summed E-state index contributed by atoms with van der Waals surface area (Å²) in [5, 5.41) is 4.49. The van der Waals surface area contributed by atoms with Crippen molar-refractivity contribution in [3.05, 3.63) is 104 Å². The Balaban J connectivity index is 0.000000256. The number of halogens is 11.